The fourth-order valence-electron chi connectivity index (χ4n) is 4.17. The SMILES string of the molecule is CC(C)CN(c1cccc(C[C@@H](C)CN(Cc2ccccc2)C(=O)O)c1O)S(=O)(=O)c1ccc(F)cc1. The minimum atomic E-state index is -4.08. The van der Waals surface area contributed by atoms with Crippen LogP contribution in [0.25, 0.3) is 0 Å². The van der Waals surface area contributed by atoms with Gasteiger partial charge in [-0.1, -0.05) is 63.2 Å². The molecule has 3 aromatic carbocycles. The van der Waals surface area contributed by atoms with Crippen molar-refractivity contribution in [1.29, 1.82) is 0 Å². The fraction of sp³-hybridized carbons (Fsp3) is 0.321. The lowest BCUT2D eigenvalue weighted by Gasteiger charge is -2.28. The van der Waals surface area contributed by atoms with E-state index in [4.69, 9.17) is 0 Å². The minimum absolute atomic E-state index is 0.0562. The van der Waals surface area contributed by atoms with Crippen molar-refractivity contribution in [2.75, 3.05) is 17.4 Å². The van der Waals surface area contributed by atoms with Crippen molar-refractivity contribution in [1.82, 2.24) is 4.90 Å². The van der Waals surface area contributed by atoms with Crippen LogP contribution in [0.5, 0.6) is 5.75 Å². The number of hydrogen-bond donors (Lipinski definition) is 2. The first-order chi connectivity index (χ1) is 17.5. The molecule has 1 amide bonds. The van der Waals surface area contributed by atoms with Crippen molar-refractivity contribution in [3.8, 4) is 5.75 Å². The van der Waals surface area contributed by atoms with Crippen LogP contribution in [0, 0.1) is 17.7 Å². The Bertz CT molecular complexity index is 1300. The summed E-state index contributed by atoms with van der Waals surface area (Å²) in [5, 5.41) is 20.9. The quantitative estimate of drug-likeness (QED) is 0.331. The lowest BCUT2D eigenvalue weighted by atomic mass is 9.99. The Morgan fingerprint density at radius 1 is 0.919 bits per heavy atom. The van der Waals surface area contributed by atoms with Crippen molar-refractivity contribution in [2.24, 2.45) is 11.8 Å². The summed E-state index contributed by atoms with van der Waals surface area (Å²) in [6, 6.07) is 18.8. The van der Waals surface area contributed by atoms with E-state index in [-0.39, 0.29) is 47.8 Å². The smallest absolute Gasteiger partial charge is 0.407 e. The molecule has 0 aliphatic heterocycles. The molecule has 0 saturated carbocycles. The van der Waals surface area contributed by atoms with Gasteiger partial charge in [-0.05, 0) is 59.7 Å². The zero-order valence-corrected chi connectivity index (χ0v) is 22.0. The fourth-order valence-corrected chi connectivity index (χ4v) is 5.80. The molecule has 1 atom stereocenters. The number of sulfonamides is 1. The van der Waals surface area contributed by atoms with Gasteiger partial charge in [0.05, 0.1) is 10.6 Å². The van der Waals surface area contributed by atoms with E-state index in [2.05, 4.69) is 0 Å². The van der Waals surface area contributed by atoms with Gasteiger partial charge in [0.15, 0.2) is 0 Å². The van der Waals surface area contributed by atoms with Gasteiger partial charge < -0.3 is 15.1 Å². The lowest BCUT2D eigenvalue weighted by Crippen LogP contribution is -2.35. The molecule has 0 aliphatic rings. The van der Waals surface area contributed by atoms with Crippen molar-refractivity contribution >= 4 is 21.8 Å². The molecule has 0 unspecified atom stereocenters. The summed E-state index contributed by atoms with van der Waals surface area (Å²) in [5.74, 6) is -0.936. The lowest BCUT2D eigenvalue weighted by molar-refractivity contribution is 0.134. The van der Waals surface area contributed by atoms with Crippen LogP contribution in [0.3, 0.4) is 0 Å². The van der Waals surface area contributed by atoms with Crippen molar-refractivity contribution in [2.45, 2.75) is 38.6 Å². The predicted octanol–water partition coefficient (Wildman–Crippen LogP) is 5.74. The van der Waals surface area contributed by atoms with E-state index in [1.54, 1.807) is 12.1 Å². The average molecular weight is 529 g/mol. The molecule has 0 saturated heterocycles. The number of benzene rings is 3. The van der Waals surface area contributed by atoms with Crippen molar-refractivity contribution < 1.29 is 27.8 Å². The van der Waals surface area contributed by atoms with Crippen LogP contribution in [0.15, 0.2) is 77.7 Å². The number of halogens is 1. The van der Waals surface area contributed by atoms with Crippen LogP contribution >= 0.6 is 0 Å². The second-order valence-corrected chi connectivity index (χ2v) is 11.5. The summed E-state index contributed by atoms with van der Waals surface area (Å²) in [6.45, 7) is 6.19. The Hall–Kier alpha value is -3.59. The Labute approximate surface area is 217 Å². The minimum Gasteiger partial charge on any atom is -0.505 e. The van der Waals surface area contributed by atoms with Crippen LogP contribution in [0.1, 0.15) is 31.9 Å². The molecule has 0 aliphatic carbocycles. The van der Waals surface area contributed by atoms with Crippen LogP contribution in [0.4, 0.5) is 14.9 Å². The molecule has 0 heterocycles. The Morgan fingerprint density at radius 2 is 1.57 bits per heavy atom. The molecule has 0 fully saturated rings. The number of carbonyl (C=O) groups is 1. The highest BCUT2D eigenvalue weighted by atomic mass is 32.2. The third-order valence-corrected chi connectivity index (χ3v) is 7.68. The second-order valence-electron chi connectivity index (χ2n) is 9.63. The first kappa shape index (κ1) is 28.0. The summed E-state index contributed by atoms with van der Waals surface area (Å²) < 4.78 is 41.5. The largest absolute Gasteiger partial charge is 0.505 e. The van der Waals surface area contributed by atoms with E-state index in [0.29, 0.717) is 12.0 Å². The third kappa shape index (κ3) is 7.22. The van der Waals surface area contributed by atoms with E-state index in [1.165, 1.54) is 23.1 Å². The third-order valence-electron chi connectivity index (χ3n) is 5.89. The van der Waals surface area contributed by atoms with Gasteiger partial charge in [-0.3, -0.25) is 4.31 Å². The zero-order valence-electron chi connectivity index (χ0n) is 21.2. The van der Waals surface area contributed by atoms with Gasteiger partial charge >= 0.3 is 6.09 Å². The molecular weight excluding hydrogens is 495 g/mol. The number of nitrogens with zero attached hydrogens (tertiary/aromatic N) is 2. The maximum atomic E-state index is 13.5. The number of anilines is 1. The number of rotatable bonds is 11. The van der Waals surface area contributed by atoms with Gasteiger partial charge in [-0.15, -0.1) is 0 Å². The van der Waals surface area contributed by atoms with E-state index in [9.17, 15) is 27.8 Å². The molecule has 0 spiro atoms. The highest BCUT2D eigenvalue weighted by Gasteiger charge is 2.29. The highest BCUT2D eigenvalue weighted by molar-refractivity contribution is 7.92. The van der Waals surface area contributed by atoms with Gasteiger partial charge in [0, 0.05) is 19.6 Å². The zero-order chi connectivity index (χ0) is 27.2. The van der Waals surface area contributed by atoms with Crippen LogP contribution < -0.4 is 4.31 Å². The summed E-state index contributed by atoms with van der Waals surface area (Å²) in [6.07, 6.45) is -0.702. The van der Waals surface area contributed by atoms with Crippen molar-refractivity contribution in [3.05, 3.63) is 89.7 Å². The molecule has 198 valence electrons. The normalized spacial score (nSPS) is 12.4. The van der Waals surface area contributed by atoms with Crippen molar-refractivity contribution in [3.63, 3.8) is 0 Å². The van der Waals surface area contributed by atoms with Crippen LogP contribution in [-0.4, -0.2) is 42.7 Å². The molecule has 3 rings (SSSR count). The molecule has 3 aromatic rings. The predicted molar refractivity (Wildman–Crippen MR) is 142 cm³/mol. The number of amides is 1. The number of carboxylic acid groups (broad SMARTS) is 1. The molecule has 37 heavy (non-hydrogen) atoms. The van der Waals surface area contributed by atoms with Gasteiger partial charge in [0.2, 0.25) is 0 Å². The number of para-hydroxylation sites is 1. The Kier molecular flexibility index (Phi) is 9.15. The maximum absolute atomic E-state index is 13.5. The van der Waals surface area contributed by atoms with Gasteiger partial charge in [-0.25, -0.2) is 17.6 Å². The highest BCUT2D eigenvalue weighted by Crippen LogP contribution is 2.36. The number of aromatic hydroxyl groups is 1. The van der Waals surface area contributed by atoms with Crippen LogP contribution in [0.2, 0.25) is 0 Å². The average Bonchev–Trinajstić information content (AvgIpc) is 2.84. The number of phenols is 1. The topological polar surface area (TPSA) is 98.2 Å². The summed E-state index contributed by atoms with van der Waals surface area (Å²) in [7, 11) is -4.08. The Morgan fingerprint density at radius 3 is 2.16 bits per heavy atom. The molecule has 0 bridgehead atoms. The standard InChI is InChI=1S/C28H33FN2O5S/c1-20(2)17-31(37(35,36)25-14-12-24(29)13-15-25)26-11-7-10-23(27(26)32)16-21(3)18-30(28(33)34)19-22-8-5-4-6-9-22/h4-15,20-21,32H,16-19H2,1-3H3,(H,33,34)/t21-/m1/s1. The van der Waals surface area contributed by atoms with E-state index in [0.717, 1.165) is 22.0 Å². The molecule has 0 radical (unpaired) electrons. The summed E-state index contributed by atoms with van der Waals surface area (Å²) in [5.41, 5.74) is 1.51. The van der Waals surface area contributed by atoms with Gasteiger partial charge in [-0.2, -0.15) is 0 Å². The summed E-state index contributed by atoms with van der Waals surface area (Å²) >= 11 is 0. The van der Waals surface area contributed by atoms with E-state index < -0.39 is 21.9 Å². The summed E-state index contributed by atoms with van der Waals surface area (Å²) in [4.78, 5) is 13.1. The molecule has 7 nitrogen and oxygen atoms in total. The molecule has 0 aromatic heterocycles. The number of phenolic OH excluding ortho intramolecular Hbond substituents is 1. The van der Waals surface area contributed by atoms with E-state index in [1.807, 2.05) is 51.1 Å². The molecular formula is C28H33FN2O5S. The van der Waals surface area contributed by atoms with Crippen LogP contribution in [-0.2, 0) is 23.0 Å². The first-order valence-electron chi connectivity index (χ1n) is 12.1. The monoisotopic (exact) mass is 528 g/mol. The number of hydrogen-bond acceptors (Lipinski definition) is 4. The molecule has 9 heteroatoms. The Balaban J connectivity index is 1.86. The molecule has 2 N–H and O–H groups in total. The second kappa shape index (κ2) is 12.1. The van der Waals surface area contributed by atoms with Gasteiger partial charge in [0.1, 0.15) is 11.6 Å². The van der Waals surface area contributed by atoms with Gasteiger partial charge in [0.25, 0.3) is 10.0 Å². The first-order valence-corrected chi connectivity index (χ1v) is 13.5. The maximum Gasteiger partial charge on any atom is 0.407 e. The van der Waals surface area contributed by atoms with E-state index >= 15 is 0 Å².